The lowest BCUT2D eigenvalue weighted by molar-refractivity contribution is 0.332. The zero-order chi connectivity index (χ0) is 38.3. The second kappa shape index (κ2) is 11.6. The molecular weight excluding hydrogens is 683 g/mol. The maximum Gasteiger partial charge on any atom is 0.252 e. The lowest BCUT2D eigenvalue weighted by atomic mass is 9.33. The van der Waals surface area contributed by atoms with Crippen molar-refractivity contribution in [2.75, 3.05) is 9.80 Å². The van der Waals surface area contributed by atoms with Gasteiger partial charge in [0.25, 0.3) is 6.71 Å². The average Bonchev–Trinajstić information content (AvgIpc) is 3.50. The highest BCUT2D eigenvalue weighted by Crippen LogP contribution is 2.51. The van der Waals surface area contributed by atoms with E-state index in [1.54, 1.807) is 0 Å². The number of para-hydroxylation sites is 1. The number of nitrogens with zero attached hydrogens (tertiary/aromatic N) is 2. The van der Waals surface area contributed by atoms with Gasteiger partial charge in [0.05, 0.1) is 0 Å². The normalized spacial score (nSPS) is 16.6. The summed E-state index contributed by atoms with van der Waals surface area (Å²) in [6, 6.07) is 40.4. The molecule has 274 valence electrons. The molecule has 0 amide bonds. The number of rotatable bonds is 2. The van der Waals surface area contributed by atoms with Crippen molar-refractivity contribution in [3.05, 3.63) is 137 Å². The lowest BCUT2D eigenvalue weighted by Gasteiger charge is -2.48. The van der Waals surface area contributed by atoms with E-state index in [9.17, 15) is 0 Å². The van der Waals surface area contributed by atoms with Crippen molar-refractivity contribution in [1.29, 1.82) is 0 Å². The molecule has 1 aliphatic carbocycles. The van der Waals surface area contributed by atoms with Crippen molar-refractivity contribution in [1.82, 2.24) is 0 Å². The van der Waals surface area contributed by atoms with Crippen LogP contribution in [0.4, 0.5) is 34.1 Å². The monoisotopic (exact) mass is 734 g/mol. The molecule has 0 spiro atoms. The first-order valence-corrected chi connectivity index (χ1v) is 21.0. The summed E-state index contributed by atoms with van der Waals surface area (Å²) in [6.07, 6.45) is 2.37. The van der Waals surface area contributed by atoms with Gasteiger partial charge >= 0.3 is 0 Å². The molecule has 0 unspecified atom stereocenters. The molecule has 2 nitrogen and oxygen atoms in total. The van der Waals surface area contributed by atoms with Gasteiger partial charge in [-0.3, -0.25) is 0 Å². The van der Waals surface area contributed by atoms with Gasteiger partial charge in [-0.1, -0.05) is 109 Å². The smallest absolute Gasteiger partial charge is 0.252 e. The molecule has 0 bridgehead atoms. The van der Waals surface area contributed by atoms with E-state index in [4.69, 9.17) is 0 Å². The molecule has 6 aromatic carbocycles. The van der Waals surface area contributed by atoms with Gasteiger partial charge in [0.2, 0.25) is 0 Å². The lowest BCUT2D eigenvalue weighted by Crippen LogP contribution is -2.62. The number of aryl methyl sites for hydroxylation is 3. The van der Waals surface area contributed by atoms with Crippen LogP contribution in [0, 0.1) is 20.8 Å². The van der Waals surface area contributed by atoms with Gasteiger partial charge in [-0.15, -0.1) is 11.3 Å². The second-order valence-corrected chi connectivity index (χ2v) is 20.2. The third kappa shape index (κ3) is 5.06. The molecule has 0 N–H and O–H groups in total. The predicted molar refractivity (Wildman–Crippen MR) is 242 cm³/mol. The van der Waals surface area contributed by atoms with Crippen LogP contribution >= 0.6 is 11.3 Å². The third-order valence-corrected chi connectivity index (χ3v) is 14.5. The van der Waals surface area contributed by atoms with E-state index in [-0.39, 0.29) is 23.0 Å². The van der Waals surface area contributed by atoms with Crippen molar-refractivity contribution in [3.63, 3.8) is 0 Å². The van der Waals surface area contributed by atoms with Gasteiger partial charge in [-0.05, 0) is 147 Å². The molecule has 0 saturated heterocycles. The molecule has 2 aliphatic heterocycles. The number of anilines is 6. The largest absolute Gasteiger partial charge is 0.311 e. The van der Waals surface area contributed by atoms with Crippen LogP contribution in [0.15, 0.2) is 103 Å². The average molecular weight is 735 g/mol. The van der Waals surface area contributed by atoms with Crippen LogP contribution in [-0.4, -0.2) is 6.71 Å². The fourth-order valence-corrected chi connectivity index (χ4v) is 11.2. The minimum Gasteiger partial charge on any atom is -0.311 e. The van der Waals surface area contributed by atoms with Crippen LogP contribution in [0.2, 0.25) is 0 Å². The molecule has 0 fully saturated rings. The van der Waals surface area contributed by atoms with Crippen molar-refractivity contribution in [2.45, 2.75) is 98.3 Å². The molecule has 3 heterocycles. The maximum atomic E-state index is 2.66. The van der Waals surface area contributed by atoms with Crippen molar-refractivity contribution < 1.29 is 0 Å². The van der Waals surface area contributed by atoms with Crippen LogP contribution in [0.3, 0.4) is 0 Å². The first-order valence-electron chi connectivity index (χ1n) is 20.2. The number of thiophene rings is 1. The van der Waals surface area contributed by atoms with E-state index in [1.807, 2.05) is 11.3 Å². The van der Waals surface area contributed by atoms with Crippen molar-refractivity contribution in [3.8, 4) is 0 Å². The van der Waals surface area contributed by atoms with E-state index in [1.165, 1.54) is 117 Å². The topological polar surface area (TPSA) is 6.48 Å². The Labute approximate surface area is 331 Å². The molecule has 55 heavy (non-hydrogen) atoms. The highest BCUT2D eigenvalue weighted by atomic mass is 32.1. The molecular formula is C51H51BN2S. The second-order valence-electron chi connectivity index (χ2n) is 19.1. The maximum absolute atomic E-state index is 2.66. The van der Waals surface area contributed by atoms with Crippen LogP contribution in [-0.2, 0) is 16.2 Å². The van der Waals surface area contributed by atoms with Gasteiger partial charge in [-0.2, -0.15) is 0 Å². The van der Waals surface area contributed by atoms with E-state index >= 15 is 0 Å². The summed E-state index contributed by atoms with van der Waals surface area (Å²) in [5.41, 5.74) is 20.4. The minimum atomic E-state index is 0.0697. The van der Waals surface area contributed by atoms with Crippen LogP contribution in [0.25, 0.3) is 20.2 Å². The summed E-state index contributed by atoms with van der Waals surface area (Å²) in [6.45, 7) is 23.8. The summed E-state index contributed by atoms with van der Waals surface area (Å²) in [5.74, 6) is 0. The minimum absolute atomic E-state index is 0.0697. The highest BCUT2D eigenvalue weighted by Gasteiger charge is 2.47. The first kappa shape index (κ1) is 34.7. The van der Waals surface area contributed by atoms with Crippen molar-refractivity contribution >= 4 is 88.7 Å². The molecule has 3 aliphatic rings. The van der Waals surface area contributed by atoms with Crippen LogP contribution in [0.1, 0.15) is 94.7 Å². The van der Waals surface area contributed by atoms with E-state index in [0.717, 1.165) is 0 Å². The van der Waals surface area contributed by atoms with Gasteiger partial charge in [0.15, 0.2) is 0 Å². The number of benzene rings is 6. The van der Waals surface area contributed by atoms with Gasteiger partial charge < -0.3 is 9.80 Å². The van der Waals surface area contributed by atoms with Gasteiger partial charge in [0, 0.05) is 48.9 Å². The number of hydrogen-bond acceptors (Lipinski definition) is 3. The molecule has 1 aromatic heterocycles. The fraction of sp³-hybridized carbons (Fsp3) is 0.294. The zero-order valence-corrected chi connectivity index (χ0v) is 34.9. The van der Waals surface area contributed by atoms with E-state index in [2.05, 4.69) is 182 Å². The Balaban J connectivity index is 1.36. The molecule has 0 radical (unpaired) electrons. The predicted octanol–water partition coefficient (Wildman–Crippen LogP) is 12.7. The first-order chi connectivity index (χ1) is 26.1. The molecule has 0 saturated carbocycles. The highest BCUT2D eigenvalue weighted by molar-refractivity contribution is 7.26. The summed E-state index contributed by atoms with van der Waals surface area (Å²) in [7, 11) is 0. The van der Waals surface area contributed by atoms with E-state index in [0.29, 0.717) is 0 Å². The molecule has 4 heteroatoms. The molecule has 0 atom stereocenters. The molecule has 7 aromatic rings. The standard InChI is InChI=1S/C51H51BN2S/c1-30-23-44-48-45(24-30)54(41-20-19-33(25-32(41)3)49(4,5)6)42-28-37-36(50(7,8)21-22-51(37,9)10)27-39(42)52(48)38-26-35-34-16-12-14-18-46(34)55-47(35)29-43(38)53(44)40-17-13-11-15-31(40)2/h11-20,23-29H,21-22H2,1-10H3. The quantitative estimate of drug-likeness (QED) is 0.163. The number of fused-ring (bicyclic) bond motifs is 8. The summed E-state index contributed by atoms with van der Waals surface area (Å²) in [5, 5.41) is 2.71. The van der Waals surface area contributed by atoms with Crippen LogP contribution < -0.4 is 26.2 Å². The fourth-order valence-electron chi connectivity index (χ4n) is 10.1. The van der Waals surface area contributed by atoms with Gasteiger partial charge in [0.1, 0.15) is 0 Å². The summed E-state index contributed by atoms with van der Waals surface area (Å²) >= 11 is 1.92. The zero-order valence-electron chi connectivity index (χ0n) is 34.1. The Bertz CT molecular complexity index is 2760. The Morgan fingerprint density at radius 1 is 0.545 bits per heavy atom. The van der Waals surface area contributed by atoms with Gasteiger partial charge in [-0.25, -0.2) is 0 Å². The van der Waals surface area contributed by atoms with Crippen molar-refractivity contribution in [2.24, 2.45) is 0 Å². The van der Waals surface area contributed by atoms with Crippen LogP contribution in [0.5, 0.6) is 0 Å². The Morgan fingerprint density at radius 3 is 1.82 bits per heavy atom. The number of hydrogen-bond donors (Lipinski definition) is 0. The third-order valence-electron chi connectivity index (χ3n) is 13.3. The summed E-state index contributed by atoms with van der Waals surface area (Å²) < 4.78 is 2.69. The van der Waals surface area contributed by atoms with E-state index < -0.39 is 0 Å². The molecule has 10 rings (SSSR count). The summed E-state index contributed by atoms with van der Waals surface area (Å²) in [4.78, 5) is 5.25. The SMILES string of the molecule is Cc1cc2c3c(c1)N(c1ccccc1C)c1cc4sc5ccccc5c4cc1B3c1cc3c(cc1N2c1ccc(C(C)(C)C)cc1C)C(C)(C)CCC3(C)C. The Morgan fingerprint density at radius 2 is 1.15 bits per heavy atom. The Kier molecular flexibility index (Phi) is 7.33. The Hall–Kier alpha value is -4.80.